The number of thiazole rings is 1. The average molecular weight is 280 g/mol. The molecule has 0 amide bonds. The summed E-state index contributed by atoms with van der Waals surface area (Å²) in [6.07, 6.45) is 0.489. The third-order valence-corrected chi connectivity index (χ3v) is 5.26. The molecule has 6 nitrogen and oxygen atoms in total. The number of nitrogens with zero attached hydrogens (tertiary/aromatic N) is 2. The summed E-state index contributed by atoms with van der Waals surface area (Å²) in [4.78, 5) is 3.91. The Bertz CT molecular complexity index is 457. The van der Waals surface area contributed by atoms with E-state index in [-0.39, 0.29) is 17.4 Å². The molecule has 0 aliphatic heterocycles. The van der Waals surface area contributed by atoms with Crippen LogP contribution in [0.3, 0.4) is 0 Å². The van der Waals surface area contributed by atoms with Gasteiger partial charge in [0.1, 0.15) is 0 Å². The molecule has 0 saturated carbocycles. The maximum Gasteiger partial charge on any atom is 0.254 e. The van der Waals surface area contributed by atoms with Crippen LogP contribution in [-0.2, 0) is 14.8 Å². The van der Waals surface area contributed by atoms with E-state index >= 15 is 0 Å². The predicted octanol–water partition coefficient (Wildman–Crippen LogP) is 0.0793. The number of aryl methyl sites for hydroxylation is 1. The SMILES string of the molecule is COCC(O)CN(C)S(=O)(=O)c1cnc(C)s1. The summed E-state index contributed by atoms with van der Waals surface area (Å²) in [5, 5.41) is 10.2. The van der Waals surface area contributed by atoms with Gasteiger partial charge in [-0.1, -0.05) is 0 Å². The number of hydrogen-bond donors (Lipinski definition) is 1. The number of hydrogen-bond acceptors (Lipinski definition) is 6. The van der Waals surface area contributed by atoms with Gasteiger partial charge in [0.2, 0.25) is 0 Å². The summed E-state index contributed by atoms with van der Waals surface area (Å²) in [5.74, 6) is 0. The van der Waals surface area contributed by atoms with Crippen molar-refractivity contribution in [3.8, 4) is 0 Å². The Balaban J connectivity index is 2.77. The summed E-state index contributed by atoms with van der Waals surface area (Å²) in [7, 11) is -0.689. The van der Waals surface area contributed by atoms with Gasteiger partial charge in [0.15, 0.2) is 4.21 Å². The first-order valence-corrected chi connectivity index (χ1v) is 7.19. The summed E-state index contributed by atoms with van der Waals surface area (Å²) in [6.45, 7) is 1.83. The molecule has 1 rings (SSSR count). The Morgan fingerprint density at radius 3 is 2.76 bits per heavy atom. The third-order valence-electron chi connectivity index (χ3n) is 2.09. The lowest BCUT2D eigenvalue weighted by molar-refractivity contribution is 0.0554. The van der Waals surface area contributed by atoms with Gasteiger partial charge in [-0.3, -0.25) is 0 Å². The molecule has 0 saturated heterocycles. The number of aliphatic hydroxyl groups is 1. The van der Waals surface area contributed by atoms with Crippen LogP contribution in [0.2, 0.25) is 0 Å². The van der Waals surface area contributed by atoms with Crippen LogP contribution in [0.5, 0.6) is 0 Å². The molecule has 98 valence electrons. The van der Waals surface area contributed by atoms with Crippen LogP contribution in [0, 0.1) is 6.92 Å². The molecule has 1 unspecified atom stereocenters. The molecule has 1 heterocycles. The standard InChI is InChI=1S/C9H16N2O4S2/c1-7-10-4-9(16-7)17(13,14)11(2)5-8(12)6-15-3/h4,8,12H,5-6H2,1-3H3. The largest absolute Gasteiger partial charge is 0.389 e. The molecule has 1 aromatic rings. The molecule has 0 aliphatic carbocycles. The van der Waals surface area contributed by atoms with Crippen LogP contribution in [-0.4, -0.2) is 56.2 Å². The van der Waals surface area contributed by atoms with Gasteiger partial charge >= 0.3 is 0 Å². The van der Waals surface area contributed by atoms with E-state index in [1.54, 1.807) is 6.92 Å². The van der Waals surface area contributed by atoms with Gasteiger partial charge in [-0.15, -0.1) is 11.3 Å². The summed E-state index contributed by atoms with van der Waals surface area (Å²) < 4.78 is 30.1. The van der Waals surface area contributed by atoms with Crippen molar-refractivity contribution in [2.24, 2.45) is 0 Å². The van der Waals surface area contributed by atoms with E-state index < -0.39 is 16.1 Å². The van der Waals surface area contributed by atoms with Crippen LogP contribution in [0.1, 0.15) is 5.01 Å². The number of rotatable bonds is 6. The number of aliphatic hydroxyl groups excluding tert-OH is 1. The number of aromatic nitrogens is 1. The molecule has 0 radical (unpaired) electrons. The molecule has 0 spiro atoms. The van der Waals surface area contributed by atoms with Crippen molar-refractivity contribution in [2.45, 2.75) is 17.2 Å². The van der Waals surface area contributed by atoms with Crippen LogP contribution in [0.25, 0.3) is 0 Å². The highest BCUT2D eigenvalue weighted by atomic mass is 32.2. The number of methoxy groups -OCH3 is 1. The zero-order valence-corrected chi connectivity index (χ0v) is 11.6. The highest BCUT2D eigenvalue weighted by molar-refractivity contribution is 7.91. The fraction of sp³-hybridized carbons (Fsp3) is 0.667. The monoisotopic (exact) mass is 280 g/mol. The van der Waals surface area contributed by atoms with Crippen molar-refractivity contribution in [1.29, 1.82) is 0 Å². The Labute approximate surface area is 105 Å². The Hall–Kier alpha value is -0.540. The van der Waals surface area contributed by atoms with E-state index in [2.05, 4.69) is 4.98 Å². The summed E-state index contributed by atoms with van der Waals surface area (Å²) >= 11 is 1.11. The van der Waals surface area contributed by atoms with Gasteiger partial charge in [-0.2, -0.15) is 4.31 Å². The van der Waals surface area contributed by atoms with Crippen molar-refractivity contribution in [3.63, 3.8) is 0 Å². The van der Waals surface area contributed by atoms with Crippen molar-refractivity contribution in [2.75, 3.05) is 27.3 Å². The lowest BCUT2D eigenvalue weighted by Crippen LogP contribution is -2.35. The molecule has 1 N–H and O–H groups in total. The molecule has 0 bridgehead atoms. The highest BCUT2D eigenvalue weighted by Gasteiger charge is 2.24. The number of sulfonamides is 1. The summed E-state index contributed by atoms with van der Waals surface area (Å²) in [6, 6.07) is 0. The maximum atomic E-state index is 12.0. The van der Waals surface area contributed by atoms with E-state index in [9.17, 15) is 13.5 Å². The molecular weight excluding hydrogens is 264 g/mol. The minimum absolute atomic E-state index is 0.00682. The van der Waals surface area contributed by atoms with E-state index in [1.807, 2.05) is 0 Å². The van der Waals surface area contributed by atoms with Crippen LogP contribution in [0.4, 0.5) is 0 Å². The average Bonchev–Trinajstić information content (AvgIpc) is 2.65. The molecular formula is C9H16N2O4S2. The van der Waals surface area contributed by atoms with Gasteiger partial charge in [0.25, 0.3) is 10.0 Å². The first kappa shape index (κ1) is 14.5. The Morgan fingerprint density at radius 1 is 1.65 bits per heavy atom. The zero-order chi connectivity index (χ0) is 13.1. The van der Waals surface area contributed by atoms with E-state index in [0.717, 1.165) is 15.6 Å². The zero-order valence-electron chi connectivity index (χ0n) is 9.95. The molecule has 17 heavy (non-hydrogen) atoms. The fourth-order valence-corrected chi connectivity index (χ4v) is 3.78. The van der Waals surface area contributed by atoms with Gasteiger partial charge in [0, 0.05) is 20.7 Å². The van der Waals surface area contributed by atoms with Crippen LogP contribution < -0.4 is 0 Å². The van der Waals surface area contributed by atoms with Crippen LogP contribution >= 0.6 is 11.3 Å². The number of ether oxygens (including phenoxy) is 1. The molecule has 8 heteroatoms. The lowest BCUT2D eigenvalue weighted by Gasteiger charge is -2.18. The first-order chi connectivity index (χ1) is 7.87. The molecule has 1 aromatic heterocycles. The van der Waals surface area contributed by atoms with Gasteiger partial charge < -0.3 is 9.84 Å². The fourth-order valence-electron chi connectivity index (χ4n) is 1.25. The topological polar surface area (TPSA) is 79.7 Å². The van der Waals surface area contributed by atoms with Crippen molar-refractivity contribution < 1.29 is 18.3 Å². The predicted molar refractivity (Wildman–Crippen MR) is 64.5 cm³/mol. The van der Waals surface area contributed by atoms with Crippen LogP contribution in [0.15, 0.2) is 10.4 Å². The normalized spacial score (nSPS) is 14.2. The second-order valence-electron chi connectivity index (χ2n) is 3.59. The second-order valence-corrected chi connectivity index (χ2v) is 7.10. The van der Waals surface area contributed by atoms with Gasteiger partial charge in [-0.25, -0.2) is 13.4 Å². The number of likely N-dealkylation sites (N-methyl/N-ethyl adjacent to an activating group) is 1. The van der Waals surface area contributed by atoms with Crippen molar-refractivity contribution in [3.05, 3.63) is 11.2 Å². The van der Waals surface area contributed by atoms with Gasteiger partial charge in [0.05, 0.1) is 23.9 Å². The smallest absolute Gasteiger partial charge is 0.254 e. The van der Waals surface area contributed by atoms with Crippen molar-refractivity contribution >= 4 is 21.4 Å². The second kappa shape index (κ2) is 5.87. The Morgan fingerprint density at radius 2 is 2.29 bits per heavy atom. The third kappa shape index (κ3) is 3.71. The van der Waals surface area contributed by atoms with Gasteiger partial charge in [-0.05, 0) is 6.92 Å². The summed E-state index contributed by atoms with van der Waals surface area (Å²) in [5.41, 5.74) is 0. The first-order valence-electron chi connectivity index (χ1n) is 4.93. The molecule has 1 atom stereocenters. The minimum Gasteiger partial charge on any atom is -0.389 e. The maximum absolute atomic E-state index is 12.0. The van der Waals surface area contributed by atoms with E-state index in [0.29, 0.717) is 5.01 Å². The quantitative estimate of drug-likeness (QED) is 0.798. The van der Waals surface area contributed by atoms with E-state index in [4.69, 9.17) is 4.74 Å². The minimum atomic E-state index is -3.56. The van der Waals surface area contributed by atoms with E-state index in [1.165, 1.54) is 20.4 Å². The Kier molecular flexibility index (Phi) is 5.02. The highest BCUT2D eigenvalue weighted by Crippen LogP contribution is 2.21. The van der Waals surface area contributed by atoms with Crippen molar-refractivity contribution in [1.82, 2.24) is 9.29 Å². The molecule has 0 aliphatic rings. The lowest BCUT2D eigenvalue weighted by atomic mass is 10.4. The molecule has 0 aromatic carbocycles. The molecule has 0 fully saturated rings.